The molecule has 3 aromatic rings. The van der Waals surface area contributed by atoms with E-state index in [4.69, 9.17) is 0 Å². The fourth-order valence-corrected chi connectivity index (χ4v) is 3.76. The third-order valence-corrected chi connectivity index (χ3v) is 5.53. The van der Waals surface area contributed by atoms with Crippen molar-refractivity contribution in [1.29, 1.82) is 0 Å². The van der Waals surface area contributed by atoms with Crippen LogP contribution in [0.5, 0.6) is 0 Å². The number of unbranched alkanes of at least 4 members (excludes halogenated alkanes) is 2. The summed E-state index contributed by atoms with van der Waals surface area (Å²) < 4.78 is 17.8. The summed E-state index contributed by atoms with van der Waals surface area (Å²) in [4.78, 5) is 24.4. The summed E-state index contributed by atoms with van der Waals surface area (Å²) in [6, 6.07) is 14.3. The maximum Gasteiger partial charge on any atom is 0.336 e. The highest BCUT2D eigenvalue weighted by Crippen LogP contribution is 2.24. The second kappa shape index (κ2) is 10.2. The molecule has 0 aliphatic rings. The normalized spacial score (nSPS) is 11.1. The SMILES string of the molecule is CCCCc1c(F)n(CCCC)c(=O)n1Cc1ccc(-c2ccccc2C(=O)O)cc1. The van der Waals surface area contributed by atoms with Crippen LogP contribution in [0.25, 0.3) is 11.1 Å². The summed E-state index contributed by atoms with van der Waals surface area (Å²) in [5.74, 6) is -1.39. The van der Waals surface area contributed by atoms with Gasteiger partial charge in [-0.1, -0.05) is 69.2 Å². The van der Waals surface area contributed by atoms with Gasteiger partial charge in [-0.05, 0) is 42.0 Å². The summed E-state index contributed by atoms with van der Waals surface area (Å²) in [7, 11) is 0. The molecule has 1 aromatic heterocycles. The van der Waals surface area contributed by atoms with Crippen LogP contribution >= 0.6 is 0 Å². The fourth-order valence-electron chi connectivity index (χ4n) is 3.76. The predicted molar refractivity (Wildman–Crippen MR) is 120 cm³/mol. The van der Waals surface area contributed by atoms with Gasteiger partial charge in [-0.15, -0.1) is 0 Å². The van der Waals surface area contributed by atoms with E-state index in [1.807, 2.05) is 38.1 Å². The average molecular weight is 425 g/mol. The van der Waals surface area contributed by atoms with E-state index in [0.717, 1.165) is 36.8 Å². The van der Waals surface area contributed by atoms with Gasteiger partial charge in [0.05, 0.1) is 17.8 Å². The Morgan fingerprint density at radius 2 is 1.65 bits per heavy atom. The molecule has 3 rings (SSSR count). The molecule has 0 aliphatic heterocycles. The first-order valence-corrected chi connectivity index (χ1v) is 10.9. The summed E-state index contributed by atoms with van der Waals surface area (Å²) in [6.45, 7) is 4.73. The van der Waals surface area contributed by atoms with Crippen LogP contribution in [0.3, 0.4) is 0 Å². The summed E-state index contributed by atoms with van der Waals surface area (Å²) >= 11 is 0. The van der Waals surface area contributed by atoms with Crippen LogP contribution in [-0.2, 0) is 19.5 Å². The van der Waals surface area contributed by atoms with E-state index in [1.165, 1.54) is 4.57 Å². The molecule has 0 saturated heterocycles. The molecule has 0 spiro atoms. The second-order valence-corrected chi connectivity index (χ2v) is 7.76. The van der Waals surface area contributed by atoms with Gasteiger partial charge in [0.2, 0.25) is 5.95 Å². The smallest absolute Gasteiger partial charge is 0.336 e. The lowest BCUT2D eigenvalue weighted by Gasteiger charge is -2.09. The molecule has 6 heteroatoms. The number of benzene rings is 2. The van der Waals surface area contributed by atoms with Crippen molar-refractivity contribution in [2.45, 2.75) is 59.0 Å². The molecule has 0 bridgehead atoms. The molecule has 0 atom stereocenters. The van der Waals surface area contributed by atoms with Crippen LogP contribution < -0.4 is 5.69 Å². The number of carboxylic acids is 1. The number of halogens is 1. The highest BCUT2D eigenvalue weighted by atomic mass is 19.1. The van der Waals surface area contributed by atoms with Crippen molar-refractivity contribution in [3.05, 3.63) is 81.8 Å². The van der Waals surface area contributed by atoms with E-state index < -0.39 is 11.9 Å². The second-order valence-electron chi connectivity index (χ2n) is 7.76. The number of rotatable bonds is 10. The van der Waals surface area contributed by atoms with Gasteiger partial charge in [0.15, 0.2) is 0 Å². The number of carbonyl (C=O) groups is 1. The van der Waals surface area contributed by atoms with Crippen LogP contribution in [-0.4, -0.2) is 20.2 Å². The number of aromatic carboxylic acids is 1. The van der Waals surface area contributed by atoms with Gasteiger partial charge >= 0.3 is 11.7 Å². The molecule has 1 N–H and O–H groups in total. The summed E-state index contributed by atoms with van der Waals surface area (Å²) in [5, 5.41) is 9.42. The van der Waals surface area contributed by atoms with E-state index in [0.29, 0.717) is 24.2 Å². The van der Waals surface area contributed by atoms with E-state index in [-0.39, 0.29) is 17.8 Å². The molecule has 31 heavy (non-hydrogen) atoms. The van der Waals surface area contributed by atoms with Gasteiger partial charge in [0.25, 0.3) is 0 Å². The highest BCUT2D eigenvalue weighted by Gasteiger charge is 2.19. The number of nitrogens with zero attached hydrogens (tertiary/aromatic N) is 2. The summed E-state index contributed by atoms with van der Waals surface area (Å²) in [6.07, 6.45) is 3.91. The Bertz CT molecular complexity index is 1100. The zero-order valence-corrected chi connectivity index (χ0v) is 18.1. The third-order valence-electron chi connectivity index (χ3n) is 5.53. The molecule has 0 saturated carbocycles. The Kier molecular flexibility index (Phi) is 7.45. The molecule has 164 valence electrons. The quantitative estimate of drug-likeness (QED) is 0.477. The van der Waals surface area contributed by atoms with Crippen molar-refractivity contribution in [1.82, 2.24) is 9.13 Å². The van der Waals surface area contributed by atoms with Crippen LogP contribution in [0.2, 0.25) is 0 Å². The molecule has 1 heterocycles. The lowest BCUT2D eigenvalue weighted by Crippen LogP contribution is -2.26. The van der Waals surface area contributed by atoms with E-state index in [9.17, 15) is 19.1 Å². The van der Waals surface area contributed by atoms with Crippen LogP contribution in [0.4, 0.5) is 4.39 Å². The van der Waals surface area contributed by atoms with Crippen molar-refractivity contribution in [2.75, 3.05) is 0 Å². The van der Waals surface area contributed by atoms with Crippen molar-refractivity contribution < 1.29 is 14.3 Å². The number of hydrogen-bond donors (Lipinski definition) is 1. The van der Waals surface area contributed by atoms with Crippen LogP contribution in [0, 0.1) is 5.95 Å². The molecule has 5 nitrogen and oxygen atoms in total. The van der Waals surface area contributed by atoms with Crippen molar-refractivity contribution in [3.8, 4) is 11.1 Å². The largest absolute Gasteiger partial charge is 0.478 e. The van der Waals surface area contributed by atoms with E-state index in [1.54, 1.807) is 28.8 Å². The maximum atomic E-state index is 15.0. The minimum atomic E-state index is -0.976. The standard InChI is InChI=1S/C25H29FN2O3/c1-3-5-11-22-23(26)27(16-6-4-2)25(31)28(22)17-18-12-14-19(15-13-18)20-9-7-8-10-21(20)24(29)30/h7-10,12-15H,3-6,11,16-17H2,1-2H3,(H,29,30). The van der Waals surface area contributed by atoms with Gasteiger partial charge in [0.1, 0.15) is 0 Å². The number of hydrogen-bond acceptors (Lipinski definition) is 2. The zero-order chi connectivity index (χ0) is 22.4. The van der Waals surface area contributed by atoms with Gasteiger partial charge in [-0.2, -0.15) is 4.39 Å². The zero-order valence-electron chi connectivity index (χ0n) is 18.1. The first-order chi connectivity index (χ1) is 15.0. The Hall–Kier alpha value is -3.15. The number of imidazole rings is 1. The molecular weight excluding hydrogens is 395 g/mol. The molecule has 0 fully saturated rings. The minimum absolute atomic E-state index is 0.239. The molecule has 2 aromatic carbocycles. The monoisotopic (exact) mass is 424 g/mol. The fraction of sp³-hybridized carbons (Fsp3) is 0.360. The Morgan fingerprint density at radius 1 is 0.968 bits per heavy atom. The van der Waals surface area contributed by atoms with E-state index in [2.05, 4.69) is 0 Å². The van der Waals surface area contributed by atoms with Gasteiger partial charge in [-0.3, -0.25) is 9.13 Å². The molecule has 0 unspecified atom stereocenters. The van der Waals surface area contributed by atoms with Gasteiger partial charge < -0.3 is 5.11 Å². The molecule has 0 radical (unpaired) electrons. The van der Waals surface area contributed by atoms with Crippen molar-refractivity contribution >= 4 is 5.97 Å². The first-order valence-electron chi connectivity index (χ1n) is 10.9. The Balaban J connectivity index is 1.92. The number of carboxylic acid groups (broad SMARTS) is 1. The lowest BCUT2D eigenvalue weighted by atomic mass is 9.99. The lowest BCUT2D eigenvalue weighted by molar-refractivity contribution is 0.0697. The van der Waals surface area contributed by atoms with Crippen LogP contribution in [0.15, 0.2) is 53.3 Å². The number of aromatic nitrogens is 2. The Morgan fingerprint density at radius 3 is 2.29 bits per heavy atom. The summed E-state index contributed by atoms with van der Waals surface area (Å²) in [5.41, 5.74) is 2.68. The first kappa shape index (κ1) is 22.5. The average Bonchev–Trinajstić information content (AvgIpc) is 3.00. The van der Waals surface area contributed by atoms with Crippen LogP contribution in [0.1, 0.15) is 61.1 Å². The minimum Gasteiger partial charge on any atom is -0.478 e. The topological polar surface area (TPSA) is 64.2 Å². The van der Waals surface area contributed by atoms with Crippen molar-refractivity contribution in [3.63, 3.8) is 0 Å². The van der Waals surface area contributed by atoms with Crippen molar-refractivity contribution in [2.24, 2.45) is 0 Å². The maximum absolute atomic E-state index is 15.0. The Labute approximate surface area is 181 Å². The van der Waals surface area contributed by atoms with E-state index >= 15 is 0 Å². The predicted octanol–water partition coefficient (Wildman–Crippen LogP) is 5.35. The molecule has 0 aliphatic carbocycles. The molecular formula is C25H29FN2O3. The van der Waals surface area contributed by atoms with Gasteiger partial charge in [0, 0.05) is 6.54 Å². The van der Waals surface area contributed by atoms with Gasteiger partial charge in [-0.25, -0.2) is 9.59 Å². The third kappa shape index (κ3) is 4.95. The molecule has 0 amide bonds. The highest BCUT2D eigenvalue weighted by molar-refractivity contribution is 5.95.